The molecule has 0 spiro atoms. The van der Waals surface area contributed by atoms with Crippen molar-refractivity contribution in [1.82, 2.24) is 14.9 Å². The van der Waals surface area contributed by atoms with Gasteiger partial charge in [-0.3, -0.25) is 4.79 Å². The van der Waals surface area contributed by atoms with Gasteiger partial charge in [-0.25, -0.2) is 9.78 Å². The van der Waals surface area contributed by atoms with Crippen LogP contribution in [0.1, 0.15) is 31.0 Å². The first-order valence-electron chi connectivity index (χ1n) is 11.8. The Hall–Kier alpha value is -3.60. The number of nitrogens with one attached hydrogen (secondary N) is 2. The van der Waals surface area contributed by atoms with Gasteiger partial charge in [0.2, 0.25) is 0 Å². The largest absolute Gasteiger partial charge is 0.433 e. The lowest BCUT2D eigenvalue weighted by Gasteiger charge is -2.33. The predicted octanol–water partition coefficient (Wildman–Crippen LogP) is 3.97. The average Bonchev–Trinajstić information content (AvgIpc) is 2.84. The van der Waals surface area contributed by atoms with Gasteiger partial charge in [-0.05, 0) is 43.0 Å². The molecule has 0 radical (unpaired) electrons. The highest BCUT2D eigenvalue weighted by molar-refractivity contribution is 6.00. The van der Waals surface area contributed by atoms with Crippen LogP contribution in [0.25, 0.3) is 10.9 Å². The highest BCUT2D eigenvalue weighted by atomic mass is 19.4. The summed E-state index contributed by atoms with van der Waals surface area (Å²) in [6, 6.07) is 9.76. The van der Waals surface area contributed by atoms with Crippen LogP contribution in [0.4, 0.5) is 29.5 Å². The molecule has 11 heteroatoms. The SMILES string of the molecule is CC1CCN(c2nc(C(F)(F)F)ccc2CNC(=O)Nc2cccc3c2ccc(=O)n3CCO)CC1. The first-order valence-corrected chi connectivity index (χ1v) is 11.8. The monoisotopic (exact) mass is 503 g/mol. The van der Waals surface area contributed by atoms with Crippen LogP contribution < -0.4 is 21.1 Å². The van der Waals surface area contributed by atoms with Gasteiger partial charge >= 0.3 is 12.2 Å². The lowest BCUT2D eigenvalue weighted by Crippen LogP contribution is -2.36. The number of piperidine rings is 1. The highest BCUT2D eigenvalue weighted by Crippen LogP contribution is 2.32. The number of hydrogen-bond acceptors (Lipinski definition) is 5. The van der Waals surface area contributed by atoms with E-state index in [1.54, 1.807) is 24.3 Å². The minimum absolute atomic E-state index is 0.0155. The number of carbonyl (C=O) groups excluding carboxylic acids is 1. The van der Waals surface area contributed by atoms with Crippen LogP contribution in [0.15, 0.2) is 47.3 Å². The maximum atomic E-state index is 13.3. The van der Waals surface area contributed by atoms with Gasteiger partial charge in [-0.2, -0.15) is 13.2 Å². The molecule has 0 saturated carbocycles. The zero-order valence-electron chi connectivity index (χ0n) is 19.8. The molecule has 1 saturated heterocycles. The van der Waals surface area contributed by atoms with Crippen molar-refractivity contribution in [3.8, 4) is 0 Å². The van der Waals surface area contributed by atoms with Crippen molar-refractivity contribution in [3.63, 3.8) is 0 Å². The molecule has 0 unspecified atom stereocenters. The number of urea groups is 1. The quantitative estimate of drug-likeness (QED) is 0.473. The fourth-order valence-corrected chi connectivity index (χ4v) is 4.38. The van der Waals surface area contributed by atoms with Crippen molar-refractivity contribution in [1.29, 1.82) is 0 Å². The molecule has 1 aliphatic heterocycles. The molecule has 0 aliphatic carbocycles. The number of carbonyl (C=O) groups is 1. The number of aliphatic hydroxyl groups is 1. The van der Waals surface area contributed by atoms with Crippen molar-refractivity contribution in [2.24, 2.45) is 5.92 Å². The first-order chi connectivity index (χ1) is 17.2. The number of alkyl halides is 3. The number of amides is 2. The van der Waals surface area contributed by atoms with E-state index in [4.69, 9.17) is 0 Å². The third-order valence-corrected chi connectivity index (χ3v) is 6.37. The summed E-state index contributed by atoms with van der Waals surface area (Å²) in [5.74, 6) is 0.726. The van der Waals surface area contributed by atoms with Crippen molar-refractivity contribution in [2.75, 3.05) is 29.9 Å². The number of fused-ring (bicyclic) bond motifs is 1. The molecule has 1 fully saturated rings. The van der Waals surface area contributed by atoms with Gasteiger partial charge in [0, 0.05) is 43.2 Å². The second-order valence-corrected chi connectivity index (χ2v) is 8.94. The average molecular weight is 504 g/mol. The molecule has 3 heterocycles. The van der Waals surface area contributed by atoms with Crippen LogP contribution in [0, 0.1) is 5.92 Å². The second-order valence-electron chi connectivity index (χ2n) is 8.94. The van der Waals surface area contributed by atoms with E-state index in [1.165, 1.54) is 16.7 Å². The summed E-state index contributed by atoms with van der Waals surface area (Å²) >= 11 is 0. The second kappa shape index (κ2) is 10.6. The van der Waals surface area contributed by atoms with Crippen LogP contribution in [-0.4, -0.2) is 40.4 Å². The summed E-state index contributed by atoms with van der Waals surface area (Å²) < 4.78 is 41.4. The number of anilines is 2. The number of pyridine rings is 2. The Morgan fingerprint density at radius 3 is 2.58 bits per heavy atom. The van der Waals surface area contributed by atoms with Crippen LogP contribution in [0.2, 0.25) is 0 Å². The Kier molecular flexibility index (Phi) is 7.48. The van der Waals surface area contributed by atoms with E-state index in [-0.39, 0.29) is 31.1 Å². The fraction of sp³-hybridized carbons (Fsp3) is 0.400. The molecule has 1 aromatic carbocycles. The molecule has 8 nitrogen and oxygen atoms in total. The summed E-state index contributed by atoms with van der Waals surface area (Å²) in [6.45, 7) is 3.19. The van der Waals surface area contributed by atoms with Gasteiger partial charge < -0.3 is 25.2 Å². The molecule has 2 aromatic heterocycles. The molecule has 36 heavy (non-hydrogen) atoms. The molecule has 4 rings (SSSR count). The van der Waals surface area contributed by atoms with Crippen molar-refractivity contribution >= 4 is 28.4 Å². The predicted molar refractivity (Wildman–Crippen MR) is 131 cm³/mol. The molecule has 3 aromatic rings. The van der Waals surface area contributed by atoms with Gasteiger partial charge in [-0.1, -0.05) is 19.1 Å². The zero-order chi connectivity index (χ0) is 25.9. The first kappa shape index (κ1) is 25.5. The minimum atomic E-state index is -4.56. The van der Waals surface area contributed by atoms with Crippen LogP contribution in [0.3, 0.4) is 0 Å². The van der Waals surface area contributed by atoms with E-state index >= 15 is 0 Å². The topological polar surface area (TPSA) is 99.5 Å². The van der Waals surface area contributed by atoms with E-state index in [1.807, 2.05) is 4.90 Å². The Morgan fingerprint density at radius 1 is 1.14 bits per heavy atom. The van der Waals surface area contributed by atoms with Crippen molar-refractivity contribution in [2.45, 2.75) is 39.0 Å². The lowest BCUT2D eigenvalue weighted by molar-refractivity contribution is -0.141. The molecule has 2 amide bonds. The Morgan fingerprint density at radius 2 is 1.89 bits per heavy atom. The van der Waals surface area contributed by atoms with Gasteiger partial charge in [0.15, 0.2) is 0 Å². The Labute approximate surface area is 205 Å². The Balaban J connectivity index is 1.53. The number of halogens is 3. The number of hydrogen-bond donors (Lipinski definition) is 3. The van der Waals surface area contributed by atoms with Gasteiger partial charge in [-0.15, -0.1) is 0 Å². The van der Waals surface area contributed by atoms with Crippen molar-refractivity contribution in [3.05, 3.63) is 64.1 Å². The number of benzene rings is 1. The lowest BCUT2D eigenvalue weighted by atomic mass is 9.99. The maximum absolute atomic E-state index is 13.3. The van der Waals surface area contributed by atoms with Crippen LogP contribution in [0.5, 0.6) is 0 Å². The van der Waals surface area contributed by atoms with Crippen LogP contribution in [-0.2, 0) is 19.3 Å². The van der Waals surface area contributed by atoms with Gasteiger partial charge in [0.25, 0.3) is 5.56 Å². The van der Waals surface area contributed by atoms with Crippen LogP contribution >= 0.6 is 0 Å². The van der Waals surface area contributed by atoms with E-state index in [0.29, 0.717) is 41.2 Å². The molecule has 1 aliphatic rings. The third kappa shape index (κ3) is 5.62. The van der Waals surface area contributed by atoms with E-state index in [2.05, 4.69) is 22.5 Å². The third-order valence-electron chi connectivity index (χ3n) is 6.37. The smallest absolute Gasteiger partial charge is 0.395 e. The number of aliphatic hydroxyl groups excluding tert-OH is 1. The highest BCUT2D eigenvalue weighted by Gasteiger charge is 2.34. The minimum Gasteiger partial charge on any atom is -0.395 e. The van der Waals surface area contributed by atoms with E-state index in [9.17, 15) is 27.9 Å². The zero-order valence-corrected chi connectivity index (χ0v) is 19.8. The number of nitrogens with zero attached hydrogens (tertiary/aromatic N) is 3. The summed E-state index contributed by atoms with van der Waals surface area (Å²) in [6.07, 6.45) is -2.85. The van der Waals surface area contributed by atoms with E-state index in [0.717, 1.165) is 18.9 Å². The standard InChI is InChI=1S/C25H28F3N5O3/c1-16-9-11-32(12-10-16)23-17(5-7-21(31-23)25(26,27)28)15-29-24(36)30-19-3-2-4-20-18(19)6-8-22(35)33(20)13-14-34/h2-8,16,34H,9-15H2,1H3,(H2,29,30,36). The molecular formula is C25H28F3N5O3. The number of aromatic nitrogens is 2. The number of rotatable bonds is 6. The van der Waals surface area contributed by atoms with Gasteiger partial charge in [0.05, 0.1) is 17.8 Å². The maximum Gasteiger partial charge on any atom is 0.433 e. The van der Waals surface area contributed by atoms with Gasteiger partial charge in [0.1, 0.15) is 11.5 Å². The molecule has 0 atom stereocenters. The molecule has 0 bridgehead atoms. The molecule has 3 N–H and O–H groups in total. The normalized spacial score (nSPS) is 14.8. The summed E-state index contributed by atoms with van der Waals surface area (Å²) in [7, 11) is 0. The summed E-state index contributed by atoms with van der Waals surface area (Å²) in [5, 5.41) is 15.3. The summed E-state index contributed by atoms with van der Waals surface area (Å²) in [4.78, 5) is 30.6. The summed E-state index contributed by atoms with van der Waals surface area (Å²) in [5.41, 5.74) is 0.263. The molecule has 192 valence electrons. The Bertz CT molecular complexity index is 1300. The fourth-order valence-electron chi connectivity index (χ4n) is 4.38. The van der Waals surface area contributed by atoms with Crippen molar-refractivity contribution < 1.29 is 23.1 Å². The molecular weight excluding hydrogens is 475 g/mol. The van der Waals surface area contributed by atoms with E-state index < -0.39 is 17.9 Å².